The maximum absolute atomic E-state index is 13.3. The quantitative estimate of drug-likeness (QED) is 0.312. The topological polar surface area (TPSA) is 90.0 Å². The molecule has 0 spiro atoms. The summed E-state index contributed by atoms with van der Waals surface area (Å²) in [6.07, 6.45) is 4.75. The fourth-order valence-electron chi connectivity index (χ4n) is 5.43. The zero-order valence-corrected chi connectivity index (χ0v) is 22.2. The molecule has 7 nitrogen and oxygen atoms in total. The van der Waals surface area contributed by atoms with Gasteiger partial charge >= 0.3 is 0 Å². The van der Waals surface area contributed by atoms with Crippen LogP contribution in [0.15, 0.2) is 65.2 Å². The van der Waals surface area contributed by atoms with Crippen LogP contribution in [-0.2, 0) is 6.54 Å². The van der Waals surface area contributed by atoms with Crippen LogP contribution in [0.25, 0.3) is 33.6 Å². The average molecular weight is 524 g/mol. The van der Waals surface area contributed by atoms with Crippen molar-refractivity contribution in [1.29, 1.82) is 0 Å². The number of carbonyl (C=O) groups is 1. The van der Waals surface area contributed by atoms with Gasteiger partial charge < -0.3 is 19.6 Å². The highest BCUT2D eigenvalue weighted by Gasteiger charge is 2.31. The summed E-state index contributed by atoms with van der Waals surface area (Å²) in [4.78, 5) is 17.6. The fourth-order valence-corrected chi connectivity index (χ4v) is 5.43. The molecular formula is C32H33N3O4. The Balaban J connectivity index is 1.42. The monoisotopic (exact) mass is 523 g/mol. The number of aryl methyl sites for hydroxylation is 1. The number of phenolic OH excluding ortho intramolecular Hbond substituents is 2. The number of rotatable bonds is 6. The molecule has 2 aliphatic rings. The van der Waals surface area contributed by atoms with E-state index in [0.29, 0.717) is 35.5 Å². The van der Waals surface area contributed by atoms with Crippen LogP contribution in [-0.4, -0.2) is 57.3 Å². The fraction of sp³-hybridized carbons (Fsp3) is 0.312. The summed E-state index contributed by atoms with van der Waals surface area (Å²) in [5.41, 5.74) is 5.62. The SMILES string of the molecule is Cc1ccc(-c2cc(-c3onc(C(=O)N4CCC4)c3-c3ccc(CN4CCCCC4)cc3)c(O)cc2O)cc1. The van der Waals surface area contributed by atoms with Crippen molar-refractivity contribution >= 4 is 5.91 Å². The first-order valence-electron chi connectivity index (χ1n) is 13.7. The van der Waals surface area contributed by atoms with Crippen LogP contribution >= 0.6 is 0 Å². The van der Waals surface area contributed by atoms with Gasteiger partial charge in [0.2, 0.25) is 0 Å². The number of benzene rings is 3. The van der Waals surface area contributed by atoms with Crippen LogP contribution in [0.4, 0.5) is 0 Å². The maximum atomic E-state index is 13.3. The van der Waals surface area contributed by atoms with Gasteiger partial charge in [0.25, 0.3) is 5.91 Å². The van der Waals surface area contributed by atoms with Crippen molar-refractivity contribution < 1.29 is 19.5 Å². The Morgan fingerprint density at radius 1 is 0.821 bits per heavy atom. The molecule has 39 heavy (non-hydrogen) atoms. The van der Waals surface area contributed by atoms with Gasteiger partial charge in [0, 0.05) is 31.3 Å². The van der Waals surface area contributed by atoms with E-state index >= 15 is 0 Å². The van der Waals surface area contributed by atoms with Crippen molar-refractivity contribution in [2.75, 3.05) is 26.2 Å². The third-order valence-electron chi connectivity index (χ3n) is 7.86. The lowest BCUT2D eigenvalue weighted by molar-refractivity contribution is 0.0642. The summed E-state index contributed by atoms with van der Waals surface area (Å²) in [5.74, 6) is -0.0697. The molecule has 0 saturated carbocycles. The molecule has 1 aromatic heterocycles. The predicted octanol–water partition coefficient (Wildman–Crippen LogP) is 6.23. The predicted molar refractivity (Wildman–Crippen MR) is 151 cm³/mol. The molecule has 7 heteroatoms. The summed E-state index contributed by atoms with van der Waals surface area (Å²) >= 11 is 0. The number of carbonyl (C=O) groups excluding carboxylic acids is 1. The molecule has 2 fully saturated rings. The molecule has 2 saturated heterocycles. The van der Waals surface area contributed by atoms with Crippen molar-refractivity contribution in [2.45, 2.75) is 39.2 Å². The van der Waals surface area contributed by atoms with E-state index in [2.05, 4.69) is 22.2 Å². The minimum Gasteiger partial charge on any atom is -0.507 e. The Morgan fingerprint density at radius 2 is 1.49 bits per heavy atom. The largest absolute Gasteiger partial charge is 0.507 e. The smallest absolute Gasteiger partial charge is 0.276 e. The highest BCUT2D eigenvalue weighted by Crippen LogP contribution is 2.44. The minimum atomic E-state index is -0.180. The van der Waals surface area contributed by atoms with Crippen molar-refractivity contribution in [3.8, 4) is 45.1 Å². The molecule has 6 rings (SSSR count). The first kappa shape index (κ1) is 25.2. The molecule has 0 bridgehead atoms. The van der Waals surface area contributed by atoms with Crippen LogP contribution in [0.2, 0.25) is 0 Å². The molecule has 1 amide bonds. The van der Waals surface area contributed by atoms with Gasteiger partial charge in [-0.15, -0.1) is 0 Å². The van der Waals surface area contributed by atoms with Crippen LogP contribution in [0.5, 0.6) is 11.5 Å². The first-order valence-corrected chi connectivity index (χ1v) is 13.7. The van der Waals surface area contributed by atoms with Crippen molar-refractivity contribution in [3.05, 3.63) is 77.5 Å². The van der Waals surface area contributed by atoms with E-state index < -0.39 is 0 Å². The van der Waals surface area contributed by atoms with E-state index in [0.717, 1.165) is 42.7 Å². The number of likely N-dealkylation sites (tertiary alicyclic amines) is 2. The number of hydrogen-bond acceptors (Lipinski definition) is 6. The lowest BCUT2D eigenvalue weighted by Crippen LogP contribution is -2.42. The zero-order valence-electron chi connectivity index (χ0n) is 22.2. The lowest BCUT2D eigenvalue weighted by atomic mass is 9.94. The van der Waals surface area contributed by atoms with Crippen LogP contribution in [0.3, 0.4) is 0 Å². The minimum absolute atomic E-state index is 0.0416. The Kier molecular flexibility index (Phi) is 6.83. The van der Waals surface area contributed by atoms with E-state index in [1.165, 1.54) is 30.9 Å². The van der Waals surface area contributed by atoms with E-state index in [9.17, 15) is 15.0 Å². The number of hydrogen-bond donors (Lipinski definition) is 2. The van der Waals surface area contributed by atoms with Crippen LogP contribution < -0.4 is 0 Å². The second kappa shape index (κ2) is 10.6. The maximum Gasteiger partial charge on any atom is 0.276 e. The molecule has 4 aromatic rings. The third-order valence-corrected chi connectivity index (χ3v) is 7.86. The van der Waals surface area contributed by atoms with E-state index in [1.54, 1.807) is 11.0 Å². The Hall–Kier alpha value is -4.10. The summed E-state index contributed by atoms with van der Waals surface area (Å²) in [6.45, 7) is 6.52. The molecule has 0 atom stereocenters. The highest BCUT2D eigenvalue weighted by molar-refractivity contribution is 6.03. The zero-order chi connectivity index (χ0) is 26.9. The van der Waals surface area contributed by atoms with Crippen LogP contribution in [0.1, 0.15) is 47.3 Å². The molecule has 3 heterocycles. The molecule has 0 aliphatic carbocycles. The van der Waals surface area contributed by atoms with E-state index in [-0.39, 0.29) is 23.1 Å². The molecule has 2 N–H and O–H groups in total. The van der Waals surface area contributed by atoms with Crippen molar-refractivity contribution in [2.24, 2.45) is 0 Å². The van der Waals surface area contributed by atoms with Gasteiger partial charge in [-0.05, 0) is 62.0 Å². The van der Waals surface area contributed by atoms with E-state index in [1.807, 2.05) is 43.3 Å². The van der Waals surface area contributed by atoms with Gasteiger partial charge in [-0.3, -0.25) is 9.69 Å². The Morgan fingerprint density at radius 3 is 2.15 bits per heavy atom. The highest BCUT2D eigenvalue weighted by atomic mass is 16.5. The van der Waals surface area contributed by atoms with Gasteiger partial charge in [0.1, 0.15) is 11.5 Å². The number of aromatic hydroxyl groups is 2. The molecular weight excluding hydrogens is 490 g/mol. The molecule has 0 unspecified atom stereocenters. The first-order chi connectivity index (χ1) is 19.0. The molecule has 200 valence electrons. The Labute approximate surface area is 228 Å². The number of amides is 1. The van der Waals surface area contributed by atoms with Crippen molar-refractivity contribution in [3.63, 3.8) is 0 Å². The number of phenols is 2. The molecule has 0 radical (unpaired) electrons. The standard InChI is InChI=1S/C32H33N3O4/c1-21-6-10-23(11-7-21)25-18-26(28(37)19-27(25)36)31-29(30(33-39-31)32(38)35-16-5-17-35)24-12-8-22(9-13-24)20-34-14-3-2-4-15-34/h6-13,18-19,36-37H,2-5,14-17,20H2,1H3. The van der Waals surface area contributed by atoms with Gasteiger partial charge in [-0.2, -0.15) is 0 Å². The van der Waals surface area contributed by atoms with Gasteiger partial charge in [-0.25, -0.2) is 0 Å². The molecule has 2 aliphatic heterocycles. The average Bonchev–Trinajstić information content (AvgIpc) is 3.34. The van der Waals surface area contributed by atoms with E-state index in [4.69, 9.17) is 4.52 Å². The molecule has 3 aromatic carbocycles. The summed E-state index contributed by atoms with van der Waals surface area (Å²) in [5, 5.41) is 25.8. The summed E-state index contributed by atoms with van der Waals surface area (Å²) < 4.78 is 5.81. The second-order valence-corrected chi connectivity index (χ2v) is 10.7. The van der Waals surface area contributed by atoms with Crippen molar-refractivity contribution in [1.82, 2.24) is 15.0 Å². The number of nitrogens with zero attached hydrogens (tertiary/aromatic N) is 3. The lowest BCUT2D eigenvalue weighted by Gasteiger charge is -2.30. The number of aromatic nitrogens is 1. The Bertz CT molecular complexity index is 1480. The van der Waals surface area contributed by atoms with Gasteiger partial charge in [0.05, 0.1) is 11.1 Å². The summed E-state index contributed by atoms with van der Waals surface area (Å²) in [7, 11) is 0. The third kappa shape index (κ3) is 5.02. The van der Waals surface area contributed by atoms with Crippen LogP contribution in [0, 0.1) is 6.92 Å². The second-order valence-electron chi connectivity index (χ2n) is 10.7. The van der Waals surface area contributed by atoms with Gasteiger partial charge in [-0.1, -0.05) is 65.7 Å². The normalized spacial score (nSPS) is 15.8. The van der Waals surface area contributed by atoms with Gasteiger partial charge in [0.15, 0.2) is 11.5 Å². The number of piperidine rings is 1. The summed E-state index contributed by atoms with van der Waals surface area (Å²) in [6, 6.07) is 19.0.